The van der Waals surface area contributed by atoms with Crippen LogP contribution in [0.5, 0.6) is 17.2 Å². The highest BCUT2D eigenvalue weighted by atomic mass is 16.6. The first-order valence-corrected chi connectivity index (χ1v) is 12.8. The van der Waals surface area contributed by atoms with Crippen LogP contribution in [0.15, 0.2) is 58.7 Å². The number of rotatable bonds is 10. The molecular weight excluding hydrogens is 486 g/mol. The lowest BCUT2D eigenvalue weighted by molar-refractivity contribution is -0.140. The lowest BCUT2D eigenvalue weighted by Crippen LogP contribution is -2.41. The third-order valence-corrected chi connectivity index (χ3v) is 7.12. The molecular formula is C30H35NO7. The van der Waals surface area contributed by atoms with Crippen molar-refractivity contribution in [2.75, 3.05) is 41.2 Å². The fourth-order valence-corrected chi connectivity index (χ4v) is 5.38. The van der Waals surface area contributed by atoms with Crippen LogP contribution in [0.25, 0.3) is 0 Å². The monoisotopic (exact) mass is 521 g/mol. The second-order valence-electron chi connectivity index (χ2n) is 9.37. The number of methoxy groups -OCH3 is 3. The molecule has 0 aromatic heterocycles. The second-order valence-corrected chi connectivity index (χ2v) is 9.37. The third kappa shape index (κ3) is 5.60. The van der Waals surface area contributed by atoms with Crippen LogP contribution >= 0.6 is 0 Å². The highest BCUT2D eigenvalue weighted by Gasteiger charge is 2.46. The van der Waals surface area contributed by atoms with Crippen molar-refractivity contribution in [3.8, 4) is 17.2 Å². The Morgan fingerprint density at radius 2 is 1.63 bits per heavy atom. The molecule has 8 nitrogen and oxygen atoms in total. The Labute approximate surface area is 223 Å². The summed E-state index contributed by atoms with van der Waals surface area (Å²) in [6, 6.07) is 13.3. The number of fused-ring (bicyclic) bond motifs is 1. The molecule has 0 N–H and O–H groups in total. The van der Waals surface area contributed by atoms with Gasteiger partial charge in [0.25, 0.3) is 0 Å². The molecule has 38 heavy (non-hydrogen) atoms. The average molecular weight is 522 g/mol. The minimum atomic E-state index is -0.544. The first-order valence-electron chi connectivity index (χ1n) is 12.8. The van der Waals surface area contributed by atoms with E-state index in [4.69, 9.17) is 28.7 Å². The molecule has 1 aliphatic carbocycles. The van der Waals surface area contributed by atoms with Gasteiger partial charge in [0.15, 0.2) is 11.5 Å². The molecule has 1 unspecified atom stereocenters. The van der Waals surface area contributed by atoms with E-state index in [1.165, 1.54) is 0 Å². The summed E-state index contributed by atoms with van der Waals surface area (Å²) >= 11 is 0. The second kappa shape index (κ2) is 12.3. The van der Waals surface area contributed by atoms with Crippen molar-refractivity contribution in [1.29, 1.82) is 0 Å². The van der Waals surface area contributed by atoms with E-state index in [0.717, 1.165) is 22.6 Å². The van der Waals surface area contributed by atoms with Crippen molar-refractivity contribution in [3.63, 3.8) is 0 Å². The maximum atomic E-state index is 13.8. The molecule has 4 rings (SSSR count). The Hall–Kier alpha value is -3.65. The van der Waals surface area contributed by atoms with E-state index in [1.54, 1.807) is 21.3 Å². The standard InChI is InChI=1S/C30H35NO7/c1-6-37-22-10-7-19(8-11-22)28-27(30(33)38-14-13-34-3)18(2)31-23-15-21(16-24(32)29(23)28)20-9-12-25(35-4)26(17-20)36-5/h7-12,17,21,28-29H,6,13-16H2,1-5H3/t21-,28-,29?/m1/s1. The number of allylic oxidation sites excluding steroid dienone is 1. The van der Waals surface area contributed by atoms with Gasteiger partial charge in [0, 0.05) is 30.9 Å². The maximum Gasteiger partial charge on any atom is 0.336 e. The number of benzene rings is 2. The molecule has 0 bridgehead atoms. The van der Waals surface area contributed by atoms with Crippen LogP contribution in [0.3, 0.4) is 0 Å². The fraction of sp³-hybridized carbons (Fsp3) is 0.433. The van der Waals surface area contributed by atoms with Crippen LogP contribution in [0.1, 0.15) is 49.7 Å². The average Bonchev–Trinajstić information content (AvgIpc) is 2.92. The normalized spacial score (nSPS) is 20.9. The maximum absolute atomic E-state index is 13.8. The molecule has 2 aromatic rings. The molecule has 1 aliphatic heterocycles. The van der Waals surface area contributed by atoms with Crippen molar-refractivity contribution < 1.29 is 33.3 Å². The van der Waals surface area contributed by atoms with E-state index in [0.29, 0.717) is 42.2 Å². The zero-order valence-electron chi connectivity index (χ0n) is 22.6. The summed E-state index contributed by atoms with van der Waals surface area (Å²) in [5.41, 5.74) is 3.60. The van der Waals surface area contributed by atoms with E-state index in [-0.39, 0.29) is 24.9 Å². The van der Waals surface area contributed by atoms with Gasteiger partial charge in [0.2, 0.25) is 0 Å². The number of hydrogen-bond donors (Lipinski definition) is 0. The van der Waals surface area contributed by atoms with E-state index in [1.807, 2.05) is 56.3 Å². The highest BCUT2D eigenvalue weighted by molar-refractivity contribution is 6.12. The molecule has 8 heteroatoms. The number of ketones is 1. The summed E-state index contributed by atoms with van der Waals surface area (Å²) in [5.74, 6) is 0.465. The first-order chi connectivity index (χ1) is 18.4. The molecule has 1 saturated carbocycles. The number of esters is 1. The van der Waals surface area contributed by atoms with Gasteiger partial charge in [-0.25, -0.2) is 4.79 Å². The van der Waals surface area contributed by atoms with Gasteiger partial charge >= 0.3 is 5.97 Å². The molecule has 1 fully saturated rings. The minimum absolute atomic E-state index is 0.0448. The number of nitrogens with zero attached hydrogens (tertiary/aromatic N) is 1. The van der Waals surface area contributed by atoms with Crippen LogP contribution in [0, 0.1) is 5.92 Å². The number of aliphatic imine (C=N–C) groups is 1. The minimum Gasteiger partial charge on any atom is -0.494 e. The number of Topliss-reactive ketones (excluding diaryl/α,β-unsaturated/α-hetero) is 1. The summed E-state index contributed by atoms with van der Waals surface area (Å²) in [6.07, 6.45) is 0.931. The lowest BCUT2D eigenvalue weighted by Gasteiger charge is -2.38. The Kier molecular flexibility index (Phi) is 8.84. The number of carbonyl (C=O) groups excluding carboxylic acids is 2. The zero-order chi connectivity index (χ0) is 27.2. The van der Waals surface area contributed by atoms with Crippen molar-refractivity contribution >= 4 is 17.5 Å². The molecule has 0 amide bonds. The van der Waals surface area contributed by atoms with Crippen molar-refractivity contribution in [2.45, 2.75) is 38.5 Å². The molecule has 202 valence electrons. The topological polar surface area (TPSA) is 92.7 Å². The predicted octanol–water partition coefficient (Wildman–Crippen LogP) is 4.87. The molecule has 0 saturated heterocycles. The smallest absolute Gasteiger partial charge is 0.336 e. The molecule has 2 aliphatic rings. The van der Waals surface area contributed by atoms with Gasteiger partial charge in [0.05, 0.1) is 38.9 Å². The summed E-state index contributed by atoms with van der Waals surface area (Å²) in [5, 5.41) is 0. The summed E-state index contributed by atoms with van der Waals surface area (Å²) in [7, 11) is 4.74. The Balaban J connectivity index is 1.72. The summed E-state index contributed by atoms with van der Waals surface area (Å²) in [4.78, 5) is 31.9. The van der Waals surface area contributed by atoms with Gasteiger partial charge in [0.1, 0.15) is 18.1 Å². The predicted molar refractivity (Wildman–Crippen MR) is 143 cm³/mol. The number of hydrogen-bond acceptors (Lipinski definition) is 8. The third-order valence-electron chi connectivity index (χ3n) is 7.12. The van der Waals surface area contributed by atoms with Crippen LogP contribution < -0.4 is 14.2 Å². The molecule has 0 spiro atoms. The van der Waals surface area contributed by atoms with Crippen molar-refractivity contribution in [1.82, 2.24) is 0 Å². The van der Waals surface area contributed by atoms with Crippen LogP contribution in [0.4, 0.5) is 0 Å². The summed E-state index contributed by atoms with van der Waals surface area (Å²) in [6.45, 7) is 4.69. The number of ether oxygens (including phenoxy) is 5. The van der Waals surface area contributed by atoms with Crippen LogP contribution in [0.2, 0.25) is 0 Å². The van der Waals surface area contributed by atoms with E-state index >= 15 is 0 Å². The Morgan fingerprint density at radius 1 is 0.921 bits per heavy atom. The van der Waals surface area contributed by atoms with Crippen molar-refractivity contribution in [2.24, 2.45) is 10.9 Å². The fourth-order valence-electron chi connectivity index (χ4n) is 5.38. The zero-order valence-corrected chi connectivity index (χ0v) is 22.6. The first kappa shape index (κ1) is 27.4. The van der Waals surface area contributed by atoms with E-state index < -0.39 is 17.8 Å². The molecule has 1 heterocycles. The van der Waals surface area contributed by atoms with Gasteiger partial charge in [-0.05, 0) is 61.6 Å². The van der Waals surface area contributed by atoms with Gasteiger partial charge < -0.3 is 23.7 Å². The highest BCUT2D eigenvalue weighted by Crippen LogP contribution is 2.47. The van der Waals surface area contributed by atoms with E-state index in [2.05, 4.69) is 0 Å². The summed E-state index contributed by atoms with van der Waals surface area (Å²) < 4.78 is 27.0. The van der Waals surface area contributed by atoms with E-state index in [9.17, 15) is 9.59 Å². The van der Waals surface area contributed by atoms with Crippen LogP contribution in [-0.4, -0.2) is 58.6 Å². The largest absolute Gasteiger partial charge is 0.494 e. The number of carbonyl (C=O) groups is 2. The van der Waals surface area contributed by atoms with Gasteiger partial charge in [-0.2, -0.15) is 0 Å². The van der Waals surface area contributed by atoms with Gasteiger partial charge in [-0.1, -0.05) is 18.2 Å². The lowest BCUT2D eigenvalue weighted by atomic mass is 9.66. The van der Waals surface area contributed by atoms with Gasteiger partial charge in [-0.3, -0.25) is 9.79 Å². The molecule has 2 aromatic carbocycles. The van der Waals surface area contributed by atoms with Gasteiger partial charge in [-0.15, -0.1) is 0 Å². The SMILES string of the molecule is CCOc1ccc([C@@H]2C(C(=O)OCCOC)=C(C)N=C3C[C@@H](c4ccc(OC)c(OC)c4)CC(=O)C32)cc1. The molecule has 3 atom stereocenters. The van der Waals surface area contributed by atoms with Crippen LogP contribution in [-0.2, 0) is 19.1 Å². The molecule has 0 radical (unpaired) electrons. The Morgan fingerprint density at radius 3 is 2.29 bits per heavy atom. The Bertz CT molecular complexity index is 1230. The van der Waals surface area contributed by atoms with Crippen molar-refractivity contribution in [3.05, 3.63) is 64.9 Å². The quantitative estimate of drug-likeness (QED) is 0.325.